The zero-order chi connectivity index (χ0) is 19.5. The van der Waals surface area contributed by atoms with Crippen LogP contribution in [0, 0.1) is 13.8 Å². The van der Waals surface area contributed by atoms with E-state index in [0.717, 1.165) is 39.1 Å². The van der Waals surface area contributed by atoms with Gasteiger partial charge in [-0.05, 0) is 49.2 Å². The molecule has 0 aliphatic heterocycles. The van der Waals surface area contributed by atoms with Gasteiger partial charge in [0.25, 0.3) is 5.91 Å². The lowest BCUT2D eigenvalue weighted by Gasteiger charge is -2.11. The van der Waals surface area contributed by atoms with E-state index in [1.807, 2.05) is 62.4 Å². The maximum Gasteiger partial charge on any atom is 0.257 e. The van der Waals surface area contributed by atoms with Gasteiger partial charge in [0, 0.05) is 23.5 Å². The molecule has 1 amide bonds. The largest absolute Gasteiger partial charge is 0.352 e. The van der Waals surface area contributed by atoms with Gasteiger partial charge in [0.15, 0.2) is 0 Å². The molecule has 5 nitrogen and oxygen atoms in total. The van der Waals surface area contributed by atoms with Crippen molar-refractivity contribution in [3.05, 3.63) is 89.9 Å². The number of rotatable bonds is 4. The minimum absolute atomic E-state index is 0.194. The van der Waals surface area contributed by atoms with Crippen LogP contribution >= 0.6 is 0 Å². The second-order valence-electron chi connectivity index (χ2n) is 6.74. The van der Waals surface area contributed by atoms with Gasteiger partial charge in [-0.25, -0.2) is 0 Å². The minimum atomic E-state index is -0.194. The molecule has 0 fully saturated rings. The Hall–Kier alpha value is -3.73. The standard InChI is InChI=1S/C23H20N4O/c1-15-8-9-16(2)21(11-15)27-23(28)18-12-19(14-24-13-18)26-20-7-3-5-17-6-4-10-25-22(17)20/h3-14,26H,1-2H3,(H,27,28). The van der Waals surface area contributed by atoms with Gasteiger partial charge >= 0.3 is 0 Å². The van der Waals surface area contributed by atoms with E-state index in [4.69, 9.17) is 0 Å². The Bertz CT molecular complexity index is 1160. The van der Waals surface area contributed by atoms with Crippen molar-refractivity contribution in [1.82, 2.24) is 9.97 Å². The fourth-order valence-corrected chi connectivity index (χ4v) is 3.06. The molecule has 0 unspecified atom stereocenters. The Morgan fingerprint density at radius 1 is 0.929 bits per heavy atom. The van der Waals surface area contributed by atoms with Crippen LogP contribution in [0.4, 0.5) is 17.1 Å². The zero-order valence-electron chi connectivity index (χ0n) is 15.7. The predicted molar refractivity (Wildman–Crippen MR) is 113 cm³/mol. The molecule has 0 spiro atoms. The molecular weight excluding hydrogens is 348 g/mol. The molecule has 0 aliphatic rings. The van der Waals surface area contributed by atoms with E-state index in [9.17, 15) is 4.79 Å². The van der Waals surface area contributed by atoms with E-state index in [1.165, 1.54) is 0 Å². The van der Waals surface area contributed by atoms with Gasteiger partial charge in [-0.1, -0.05) is 30.3 Å². The molecule has 28 heavy (non-hydrogen) atoms. The highest BCUT2D eigenvalue weighted by Crippen LogP contribution is 2.25. The number of hydrogen-bond donors (Lipinski definition) is 2. The van der Waals surface area contributed by atoms with Gasteiger partial charge in [-0.15, -0.1) is 0 Å². The van der Waals surface area contributed by atoms with Crippen LogP contribution in [0.25, 0.3) is 10.9 Å². The van der Waals surface area contributed by atoms with E-state index >= 15 is 0 Å². The lowest BCUT2D eigenvalue weighted by molar-refractivity contribution is 0.102. The normalized spacial score (nSPS) is 10.6. The van der Waals surface area contributed by atoms with Crippen LogP contribution in [0.1, 0.15) is 21.5 Å². The Morgan fingerprint density at radius 2 is 1.79 bits per heavy atom. The third-order valence-electron chi connectivity index (χ3n) is 4.55. The Morgan fingerprint density at radius 3 is 2.68 bits per heavy atom. The molecule has 0 saturated heterocycles. The lowest BCUT2D eigenvalue weighted by Crippen LogP contribution is -2.13. The second-order valence-corrected chi connectivity index (χ2v) is 6.74. The zero-order valence-corrected chi connectivity index (χ0v) is 15.7. The minimum Gasteiger partial charge on any atom is -0.352 e. The number of benzene rings is 2. The molecule has 4 aromatic rings. The van der Waals surface area contributed by atoms with Crippen LogP contribution in [0.15, 0.2) is 73.2 Å². The monoisotopic (exact) mass is 368 g/mol. The van der Waals surface area contributed by atoms with Crippen LogP contribution in [0.5, 0.6) is 0 Å². The summed E-state index contributed by atoms with van der Waals surface area (Å²) in [6.45, 7) is 3.97. The number of nitrogens with one attached hydrogen (secondary N) is 2. The van der Waals surface area contributed by atoms with Crippen molar-refractivity contribution in [2.75, 3.05) is 10.6 Å². The van der Waals surface area contributed by atoms with Gasteiger partial charge in [-0.3, -0.25) is 14.8 Å². The average molecular weight is 368 g/mol. The van der Waals surface area contributed by atoms with Gasteiger partial charge in [0.1, 0.15) is 0 Å². The molecule has 2 aromatic heterocycles. The summed E-state index contributed by atoms with van der Waals surface area (Å²) < 4.78 is 0. The molecule has 2 aromatic carbocycles. The molecule has 0 atom stereocenters. The van der Waals surface area contributed by atoms with Gasteiger partial charge < -0.3 is 10.6 Å². The molecule has 5 heteroatoms. The number of para-hydroxylation sites is 1. The van der Waals surface area contributed by atoms with Crippen molar-refractivity contribution in [2.24, 2.45) is 0 Å². The number of fused-ring (bicyclic) bond motifs is 1. The number of hydrogen-bond acceptors (Lipinski definition) is 4. The third kappa shape index (κ3) is 3.69. The number of aryl methyl sites for hydroxylation is 2. The molecule has 138 valence electrons. The topological polar surface area (TPSA) is 66.9 Å². The van der Waals surface area contributed by atoms with Crippen LogP contribution in [0.2, 0.25) is 0 Å². The fraction of sp³-hybridized carbons (Fsp3) is 0.0870. The van der Waals surface area contributed by atoms with Crippen molar-refractivity contribution in [3.8, 4) is 0 Å². The number of nitrogens with zero attached hydrogens (tertiary/aromatic N) is 2. The molecule has 2 heterocycles. The second kappa shape index (κ2) is 7.48. The Labute approximate surface area is 163 Å². The van der Waals surface area contributed by atoms with Crippen molar-refractivity contribution >= 4 is 33.9 Å². The summed E-state index contributed by atoms with van der Waals surface area (Å²) >= 11 is 0. The highest BCUT2D eigenvalue weighted by molar-refractivity contribution is 6.05. The maximum absolute atomic E-state index is 12.7. The van der Waals surface area contributed by atoms with E-state index in [-0.39, 0.29) is 5.91 Å². The maximum atomic E-state index is 12.7. The number of carbonyl (C=O) groups is 1. The SMILES string of the molecule is Cc1ccc(C)c(NC(=O)c2cncc(Nc3cccc4cccnc34)c2)c1. The van der Waals surface area contributed by atoms with Crippen LogP contribution in [0.3, 0.4) is 0 Å². The van der Waals surface area contributed by atoms with Gasteiger partial charge in [-0.2, -0.15) is 0 Å². The fourth-order valence-electron chi connectivity index (χ4n) is 3.06. The van der Waals surface area contributed by atoms with Crippen molar-refractivity contribution < 1.29 is 4.79 Å². The van der Waals surface area contributed by atoms with E-state index < -0.39 is 0 Å². The summed E-state index contributed by atoms with van der Waals surface area (Å²) in [7, 11) is 0. The molecular formula is C23H20N4O. The first-order chi connectivity index (χ1) is 13.6. The van der Waals surface area contributed by atoms with Crippen molar-refractivity contribution in [2.45, 2.75) is 13.8 Å². The first-order valence-electron chi connectivity index (χ1n) is 9.04. The van der Waals surface area contributed by atoms with E-state index in [2.05, 4.69) is 20.6 Å². The van der Waals surface area contributed by atoms with E-state index in [1.54, 1.807) is 24.7 Å². The predicted octanol–water partition coefficient (Wildman–Crippen LogP) is 5.24. The quantitative estimate of drug-likeness (QED) is 0.517. The number of anilines is 3. The molecule has 2 N–H and O–H groups in total. The van der Waals surface area contributed by atoms with Crippen LogP contribution in [-0.2, 0) is 0 Å². The summed E-state index contributed by atoms with van der Waals surface area (Å²) in [4.78, 5) is 21.4. The molecule has 0 aliphatic carbocycles. The average Bonchev–Trinajstić information content (AvgIpc) is 2.71. The highest BCUT2D eigenvalue weighted by Gasteiger charge is 2.10. The summed E-state index contributed by atoms with van der Waals surface area (Å²) in [5.74, 6) is -0.194. The summed E-state index contributed by atoms with van der Waals surface area (Å²) in [6.07, 6.45) is 5.02. The summed E-state index contributed by atoms with van der Waals surface area (Å²) in [5.41, 5.74) is 5.87. The van der Waals surface area contributed by atoms with Gasteiger partial charge in [0.05, 0.1) is 28.7 Å². The number of carbonyl (C=O) groups excluding carboxylic acids is 1. The first kappa shape index (κ1) is 17.7. The number of pyridine rings is 2. The molecule has 0 bridgehead atoms. The van der Waals surface area contributed by atoms with E-state index in [0.29, 0.717) is 5.56 Å². The first-order valence-corrected chi connectivity index (χ1v) is 9.04. The molecule has 0 saturated carbocycles. The Balaban J connectivity index is 1.59. The highest BCUT2D eigenvalue weighted by atomic mass is 16.1. The van der Waals surface area contributed by atoms with Crippen molar-refractivity contribution in [3.63, 3.8) is 0 Å². The van der Waals surface area contributed by atoms with Crippen molar-refractivity contribution in [1.29, 1.82) is 0 Å². The lowest BCUT2D eigenvalue weighted by atomic mass is 10.1. The molecule has 0 radical (unpaired) electrons. The summed E-state index contributed by atoms with van der Waals surface area (Å²) in [5, 5.41) is 7.34. The number of aromatic nitrogens is 2. The Kier molecular flexibility index (Phi) is 4.72. The third-order valence-corrected chi connectivity index (χ3v) is 4.55. The van der Waals surface area contributed by atoms with Crippen LogP contribution in [-0.4, -0.2) is 15.9 Å². The summed E-state index contributed by atoms with van der Waals surface area (Å²) in [6, 6.07) is 17.6. The van der Waals surface area contributed by atoms with Gasteiger partial charge in [0.2, 0.25) is 0 Å². The van der Waals surface area contributed by atoms with Crippen LogP contribution < -0.4 is 10.6 Å². The number of amides is 1. The molecule has 4 rings (SSSR count). The smallest absolute Gasteiger partial charge is 0.257 e.